The molecule has 6 heteroatoms. The normalized spacial score (nSPS) is 10.4. The molecule has 0 aliphatic heterocycles. The molecule has 0 saturated carbocycles. The van der Waals surface area contributed by atoms with Gasteiger partial charge >= 0.3 is 0 Å². The summed E-state index contributed by atoms with van der Waals surface area (Å²) >= 11 is 12.9. The van der Waals surface area contributed by atoms with Crippen LogP contribution in [0.25, 0.3) is 0 Å². The summed E-state index contributed by atoms with van der Waals surface area (Å²) in [4.78, 5) is 8.27. The summed E-state index contributed by atoms with van der Waals surface area (Å²) in [5.74, 6) is 0. The zero-order valence-corrected chi connectivity index (χ0v) is 10.4. The van der Waals surface area contributed by atoms with Crippen LogP contribution in [0.5, 0.6) is 0 Å². The van der Waals surface area contributed by atoms with E-state index in [9.17, 15) is 0 Å². The minimum absolute atomic E-state index is 0.519. The second-order valence-electron chi connectivity index (χ2n) is 2.96. The molecule has 2 rings (SSSR count). The van der Waals surface area contributed by atoms with Crippen LogP contribution >= 0.6 is 35.0 Å². The largest absolute Gasteiger partial charge is 0.396 e. The van der Waals surface area contributed by atoms with E-state index in [1.165, 1.54) is 11.8 Å². The molecule has 0 atom stereocenters. The van der Waals surface area contributed by atoms with Gasteiger partial charge in [-0.25, -0.2) is 9.97 Å². The lowest BCUT2D eigenvalue weighted by molar-refractivity contribution is 1.10. The Morgan fingerprint density at radius 2 is 1.81 bits per heavy atom. The van der Waals surface area contributed by atoms with Crippen molar-refractivity contribution in [3.05, 3.63) is 40.6 Å². The van der Waals surface area contributed by atoms with E-state index >= 15 is 0 Å². The maximum atomic E-state index is 5.78. The molecule has 0 aromatic carbocycles. The van der Waals surface area contributed by atoms with Gasteiger partial charge in [0.2, 0.25) is 0 Å². The van der Waals surface area contributed by atoms with E-state index in [0.29, 0.717) is 20.8 Å². The molecule has 0 radical (unpaired) electrons. The second-order valence-corrected chi connectivity index (χ2v) is 4.85. The molecule has 0 aliphatic rings. The average molecular weight is 272 g/mol. The van der Waals surface area contributed by atoms with Crippen molar-refractivity contribution in [1.82, 2.24) is 9.97 Å². The highest BCUT2D eigenvalue weighted by molar-refractivity contribution is 7.99. The molecule has 0 fully saturated rings. The maximum absolute atomic E-state index is 5.78. The number of halogens is 2. The molecule has 0 amide bonds. The van der Waals surface area contributed by atoms with E-state index in [-0.39, 0.29) is 0 Å². The number of nitrogens with two attached hydrogens (primary N) is 1. The van der Waals surface area contributed by atoms with Crippen LogP contribution in [0.2, 0.25) is 10.0 Å². The highest BCUT2D eigenvalue weighted by Gasteiger charge is 2.05. The van der Waals surface area contributed by atoms with Crippen LogP contribution in [0.3, 0.4) is 0 Å². The van der Waals surface area contributed by atoms with Crippen LogP contribution < -0.4 is 5.73 Å². The summed E-state index contributed by atoms with van der Waals surface area (Å²) in [7, 11) is 0. The van der Waals surface area contributed by atoms with Crippen molar-refractivity contribution < 1.29 is 0 Å². The van der Waals surface area contributed by atoms with Crippen LogP contribution in [0.1, 0.15) is 0 Å². The van der Waals surface area contributed by atoms with Gasteiger partial charge in [0.15, 0.2) is 0 Å². The minimum Gasteiger partial charge on any atom is -0.396 e. The van der Waals surface area contributed by atoms with E-state index in [4.69, 9.17) is 28.9 Å². The fourth-order valence-electron chi connectivity index (χ4n) is 1.05. The molecular weight excluding hydrogens is 265 g/mol. The molecule has 82 valence electrons. The Kier molecular flexibility index (Phi) is 3.53. The molecule has 2 N–H and O–H groups in total. The van der Waals surface area contributed by atoms with Gasteiger partial charge in [-0.3, -0.25) is 0 Å². The molecule has 2 aromatic rings. The summed E-state index contributed by atoms with van der Waals surface area (Å²) in [6.45, 7) is 0. The smallest absolute Gasteiger partial charge is 0.125 e. The highest BCUT2D eigenvalue weighted by Crippen LogP contribution is 2.30. The van der Waals surface area contributed by atoms with Crippen molar-refractivity contribution >= 4 is 40.7 Å². The molecule has 0 saturated heterocycles. The van der Waals surface area contributed by atoms with E-state index in [2.05, 4.69) is 9.97 Å². The van der Waals surface area contributed by atoms with Gasteiger partial charge < -0.3 is 5.73 Å². The molecule has 2 aromatic heterocycles. The summed E-state index contributed by atoms with van der Waals surface area (Å²) in [5, 5.41) is 2.58. The number of pyridine rings is 2. The molecule has 16 heavy (non-hydrogen) atoms. The van der Waals surface area contributed by atoms with E-state index < -0.39 is 0 Å². The summed E-state index contributed by atoms with van der Waals surface area (Å²) in [6, 6.07) is 5.23. The van der Waals surface area contributed by atoms with Crippen molar-refractivity contribution in [2.45, 2.75) is 10.1 Å². The average Bonchev–Trinajstić information content (AvgIpc) is 2.25. The first-order chi connectivity index (χ1) is 7.65. The first kappa shape index (κ1) is 11.5. The van der Waals surface area contributed by atoms with Gasteiger partial charge in [0.05, 0.1) is 15.7 Å². The third-order valence-corrected chi connectivity index (χ3v) is 3.16. The third-order valence-electron chi connectivity index (χ3n) is 1.75. The summed E-state index contributed by atoms with van der Waals surface area (Å²) < 4.78 is 0. The quantitative estimate of drug-likeness (QED) is 0.908. The van der Waals surface area contributed by atoms with Gasteiger partial charge in [-0.1, -0.05) is 23.2 Å². The monoisotopic (exact) mass is 271 g/mol. The van der Waals surface area contributed by atoms with Gasteiger partial charge in [-0.15, -0.1) is 0 Å². The van der Waals surface area contributed by atoms with Gasteiger partial charge in [0, 0.05) is 12.4 Å². The molecular formula is C10H7Cl2N3S. The van der Waals surface area contributed by atoms with E-state index in [0.717, 1.165) is 5.03 Å². The van der Waals surface area contributed by atoms with Crippen LogP contribution in [0.4, 0.5) is 5.69 Å². The molecule has 0 bridgehead atoms. The first-order valence-corrected chi connectivity index (χ1v) is 5.93. The Balaban J connectivity index is 2.23. The molecule has 0 spiro atoms. The number of nitrogen functional groups attached to an aromatic ring is 1. The van der Waals surface area contributed by atoms with Crippen molar-refractivity contribution in [3.8, 4) is 0 Å². The van der Waals surface area contributed by atoms with Gasteiger partial charge in [-0.2, -0.15) is 0 Å². The van der Waals surface area contributed by atoms with Crippen LogP contribution in [-0.4, -0.2) is 9.97 Å². The summed E-state index contributed by atoms with van der Waals surface area (Å²) in [5.41, 5.74) is 6.31. The molecule has 3 nitrogen and oxygen atoms in total. The lowest BCUT2D eigenvalue weighted by atomic mass is 10.4. The first-order valence-electron chi connectivity index (χ1n) is 4.35. The lowest BCUT2D eigenvalue weighted by Crippen LogP contribution is -1.91. The fourth-order valence-corrected chi connectivity index (χ4v) is 2.05. The van der Waals surface area contributed by atoms with Gasteiger partial charge in [0.25, 0.3) is 0 Å². The topological polar surface area (TPSA) is 51.8 Å². The number of rotatable bonds is 2. The second kappa shape index (κ2) is 4.91. The molecule has 0 aliphatic carbocycles. The molecule has 2 heterocycles. The summed E-state index contributed by atoms with van der Waals surface area (Å²) in [6.07, 6.45) is 3.13. The van der Waals surface area contributed by atoms with Crippen LogP contribution in [0.15, 0.2) is 40.6 Å². The van der Waals surface area contributed by atoms with Crippen molar-refractivity contribution in [2.75, 3.05) is 5.73 Å². The number of aromatic nitrogens is 2. The predicted octanol–water partition coefficient (Wildman–Crippen LogP) is 3.52. The van der Waals surface area contributed by atoms with Crippen molar-refractivity contribution in [3.63, 3.8) is 0 Å². The standard InChI is InChI=1S/C10H7Cl2N3S/c11-6-1-2-9(14-4-6)16-10-8(13)3-7(12)5-15-10/h1-5H,13H2. The number of anilines is 1. The third kappa shape index (κ3) is 2.78. The zero-order valence-electron chi connectivity index (χ0n) is 8.02. The van der Waals surface area contributed by atoms with Crippen LogP contribution in [-0.2, 0) is 0 Å². The Morgan fingerprint density at radius 3 is 2.44 bits per heavy atom. The lowest BCUT2D eigenvalue weighted by Gasteiger charge is -2.03. The van der Waals surface area contributed by atoms with Crippen molar-refractivity contribution in [1.29, 1.82) is 0 Å². The fraction of sp³-hybridized carbons (Fsp3) is 0. The van der Waals surface area contributed by atoms with E-state index in [1.54, 1.807) is 24.5 Å². The predicted molar refractivity (Wildman–Crippen MR) is 67.0 cm³/mol. The minimum atomic E-state index is 0.519. The zero-order chi connectivity index (χ0) is 11.5. The SMILES string of the molecule is Nc1cc(Cl)cnc1Sc1ccc(Cl)cn1. The Hall–Kier alpha value is -0.970. The number of nitrogens with zero attached hydrogens (tertiary/aromatic N) is 2. The Morgan fingerprint density at radius 1 is 1.06 bits per heavy atom. The Bertz CT molecular complexity index is 502. The Labute approximate surface area is 107 Å². The number of hydrogen-bond donors (Lipinski definition) is 1. The maximum Gasteiger partial charge on any atom is 0.125 e. The van der Waals surface area contributed by atoms with Gasteiger partial charge in [0.1, 0.15) is 10.1 Å². The van der Waals surface area contributed by atoms with Gasteiger partial charge in [-0.05, 0) is 30.0 Å². The van der Waals surface area contributed by atoms with Crippen LogP contribution in [0, 0.1) is 0 Å². The van der Waals surface area contributed by atoms with E-state index in [1.807, 2.05) is 6.07 Å². The number of hydrogen-bond acceptors (Lipinski definition) is 4. The molecule has 0 unspecified atom stereocenters. The van der Waals surface area contributed by atoms with Crippen molar-refractivity contribution in [2.24, 2.45) is 0 Å². The highest BCUT2D eigenvalue weighted by atomic mass is 35.5.